The number of hydrogen-bond acceptors (Lipinski definition) is 5. The predicted molar refractivity (Wildman–Crippen MR) is 61.6 cm³/mol. The van der Waals surface area contributed by atoms with Crippen LogP contribution in [-0.2, 0) is 14.0 Å². The van der Waals surface area contributed by atoms with E-state index < -0.39 is 10.4 Å². The first-order valence-corrected chi connectivity index (χ1v) is 6.82. The minimum atomic E-state index is -4.34. The van der Waals surface area contributed by atoms with Crippen LogP contribution in [0.3, 0.4) is 0 Å². The zero-order valence-electron chi connectivity index (χ0n) is 8.40. The Labute approximate surface area is 98.9 Å². The van der Waals surface area contributed by atoms with E-state index >= 15 is 0 Å². The first-order valence-electron chi connectivity index (χ1n) is 4.54. The molecule has 0 aliphatic carbocycles. The second kappa shape index (κ2) is 6.74. The molecule has 0 atom stereocenters. The lowest BCUT2D eigenvalue weighted by atomic mass is 10.3. The number of rotatable bonds is 7. The molecule has 16 heavy (non-hydrogen) atoms. The highest BCUT2D eigenvalue weighted by atomic mass is 32.3. The summed E-state index contributed by atoms with van der Waals surface area (Å²) in [6.07, 6.45) is 0.620. The van der Waals surface area contributed by atoms with Gasteiger partial charge in [0.15, 0.2) is 0 Å². The Kier molecular flexibility index (Phi) is 5.61. The fourth-order valence-corrected chi connectivity index (χ4v) is 1.91. The Hall–Kier alpha value is -0.760. The Balaban J connectivity index is 2.05. The van der Waals surface area contributed by atoms with Crippen molar-refractivity contribution in [1.82, 2.24) is 0 Å². The molecular weight excluding hydrogens is 252 g/mol. The maximum Gasteiger partial charge on any atom is 0.408 e. The van der Waals surface area contributed by atoms with E-state index in [0.717, 1.165) is 5.75 Å². The van der Waals surface area contributed by atoms with Crippen molar-refractivity contribution in [3.63, 3.8) is 0 Å². The standard InChI is InChI=1S/C9H12O5S2/c10-16(11,12)14-15-8-4-7-13-9-5-2-1-3-6-9/h1-3,5-6H,4,7-8H2,(H,10,11,12). The van der Waals surface area contributed by atoms with E-state index in [0.29, 0.717) is 30.8 Å². The molecule has 0 spiro atoms. The lowest BCUT2D eigenvalue weighted by Gasteiger charge is -2.04. The molecule has 1 aromatic carbocycles. The summed E-state index contributed by atoms with van der Waals surface area (Å²) in [6, 6.07) is 9.30. The molecule has 0 unspecified atom stereocenters. The van der Waals surface area contributed by atoms with Crippen LogP contribution < -0.4 is 4.74 Å². The summed E-state index contributed by atoms with van der Waals surface area (Å²) in [4.78, 5) is 0. The van der Waals surface area contributed by atoms with Crippen molar-refractivity contribution in [2.45, 2.75) is 6.42 Å². The molecule has 90 valence electrons. The third kappa shape index (κ3) is 6.67. The molecule has 7 heteroatoms. The number of ether oxygens (including phenoxy) is 1. The monoisotopic (exact) mass is 264 g/mol. The van der Waals surface area contributed by atoms with Crippen molar-refractivity contribution >= 4 is 22.4 Å². The Morgan fingerprint density at radius 1 is 1.25 bits per heavy atom. The summed E-state index contributed by atoms with van der Waals surface area (Å²) in [7, 11) is -4.34. The molecule has 0 bridgehead atoms. The van der Waals surface area contributed by atoms with E-state index in [-0.39, 0.29) is 0 Å². The number of benzene rings is 1. The van der Waals surface area contributed by atoms with Crippen LogP contribution in [0.1, 0.15) is 6.42 Å². The Morgan fingerprint density at radius 3 is 2.56 bits per heavy atom. The molecule has 1 rings (SSSR count). The van der Waals surface area contributed by atoms with Crippen molar-refractivity contribution in [2.24, 2.45) is 0 Å². The molecule has 5 nitrogen and oxygen atoms in total. The maximum atomic E-state index is 10.2. The van der Waals surface area contributed by atoms with E-state index in [1.807, 2.05) is 30.3 Å². The van der Waals surface area contributed by atoms with Gasteiger partial charge in [0.05, 0.1) is 6.61 Å². The van der Waals surface area contributed by atoms with Crippen LogP contribution >= 0.6 is 12.0 Å². The van der Waals surface area contributed by atoms with Crippen LogP contribution in [0.5, 0.6) is 5.75 Å². The highest BCUT2D eigenvalue weighted by Gasteiger charge is 2.04. The second-order valence-corrected chi connectivity index (χ2v) is 4.88. The molecular formula is C9H12O5S2. The van der Waals surface area contributed by atoms with Gasteiger partial charge >= 0.3 is 10.4 Å². The van der Waals surface area contributed by atoms with Crippen molar-refractivity contribution in [1.29, 1.82) is 0 Å². The first kappa shape index (κ1) is 13.3. The molecule has 0 aromatic heterocycles. The van der Waals surface area contributed by atoms with Crippen LogP contribution in [-0.4, -0.2) is 25.3 Å². The van der Waals surface area contributed by atoms with E-state index in [2.05, 4.69) is 3.63 Å². The number of para-hydroxylation sites is 1. The van der Waals surface area contributed by atoms with Gasteiger partial charge in [-0.25, -0.2) is 0 Å². The molecule has 1 N–H and O–H groups in total. The van der Waals surface area contributed by atoms with Crippen molar-refractivity contribution in [3.05, 3.63) is 30.3 Å². The Bertz CT molecular complexity index is 390. The first-order chi connectivity index (χ1) is 7.58. The third-order valence-electron chi connectivity index (χ3n) is 1.52. The molecule has 0 saturated heterocycles. The molecule has 0 aliphatic rings. The van der Waals surface area contributed by atoms with Gasteiger partial charge in [-0.05, 0) is 18.6 Å². The average Bonchev–Trinajstić information content (AvgIpc) is 2.23. The molecule has 0 amide bonds. The quantitative estimate of drug-likeness (QED) is 0.461. The van der Waals surface area contributed by atoms with Gasteiger partial charge in [-0.15, -0.1) is 0 Å². The van der Waals surface area contributed by atoms with Gasteiger partial charge in [0.1, 0.15) is 5.75 Å². The van der Waals surface area contributed by atoms with Gasteiger partial charge in [-0.2, -0.15) is 12.0 Å². The van der Waals surface area contributed by atoms with Gasteiger partial charge in [0.25, 0.3) is 0 Å². The van der Waals surface area contributed by atoms with Gasteiger partial charge < -0.3 is 4.74 Å². The summed E-state index contributed by atoms with van der Waals surface area (Å²) in [5, 5.41) is 0. The van der Waals surface area contributed by atoms with Gasteiger partial charge in [-0.1, -0.05) is 18.2 Å². The van der Waals surface area contributed by atoms with Crippen molar-refractivity contribution < 1.29 is 21.3 Å². The van der Waals surface area contributed by atoms with Gasteiger partial charge in [-0.3, -0.25) is 4.55 Å². The summed E-state index contributed by atoms with van der Waals surface area (Å²) in [5.74, 6) is 1.19. The summed E-state index contributed by atoms with van der Waals surface area (Å²) >= 11 is 0.677. The summed E-state index contributed by atoms with van der Waals surface area (Å²) in [5.41, 5.74) is 0. The summed E-state index contributed by atoms with van der Waals surface area (Å²) < 4.78 is 38.0. The highest BCUT2D eigenvalue weighted by Crippen LogP contribution is 2.11. The van der Waals surface area contributed by atoms with E-state index in [1.165, 1.54) is 0 Å². The minimum absolute atomic E-state index is 0.423. The SMILES string of the molecule is O=S(=O)(O)OSCCCOc1ccccc1. The van der Waals surface area contributed by atoms with Gasteiger partial charge in [0, 0.05) is 17.8 Å². The van der Waals surface area contributed by atoms with Crippen LogP contribution in [0, 0.1) is 0 Å². The fourth-order valence-electron chi connectivity index (χ4n) is 0.919. The Morgan fingerprint density at radius 2 is 1.94 bits per heavy atom. The smallest absolute Gasteiger partial charge is 0.408 e. The second-order valence-electron chi connectivity index (χ2n) is 2.83. The van der Waals surface area contributed by atoms with E-state index in [9.17, 15) is 8.42 Å². The minimum Gasteiger partial charge on any atom is -0.494 e. The van der Waals surface area contributed by atoms with Crippen molar-refractivity contribution in [3.8, 4) is 5.75 Å². The molecule has 0 radical (unpaired) electrons. The molecule has 0 aliphatic heterocycles. The molecule has 0 heterocycles. The molecule has 0 saturated carbocycles. The summed E-state index contributed by atoms with van der Waals surface area (Å²) in [6.45, 7) is 0.464. The third-order valence-corrected chi connectivity index (χ3v) is 3.05. The topological polar surface area (TPSA) is 72.8 Å². The zero-order chi connectivity index (χ0) is 11.9. The van der Waals surface area contributed by atoms with Crippen molar-refractivity contribution in [2.75, 3.05) is 12.4 Å². The highest BCUT2D eigenvalue weighted by molar-refractivity contribution is 8.02. The fraction of sp³-hybridized carbons (Fsp3) is 0.333. The van der Waals surface area contributed by atoms with E-state index in [1.54, 1.807) is 0 Å². The number of hydrogen-bond donors (Lipinski definition) is 1. The predicted octanol–water partition coefficient (Wildman–Crippen LogP) is 1.92. The molecule has 1 aromatic rings. The van der Waals surface area contributed by atoms with Crippen LogP contribution in [0.2, 0.25) is 0 Å². The largest absolute Gasteiger partial charge is 0.494 e. The van der Waals surface area contributed by atoms with Gasteiger partial charge in [0.2, 0.25) is 0 Å². The lowest BCUT2D eigenvalue weighted by molar-refractivity contribution is 0.318. The van der Waals surface area contributed by atoms with Crippen LogP contribution in [0.4, 0.5) is 0 Å². The lowest BCUT2D eigenvalue weighted by Crippen LogP contribution is -2.01. The van der Waals surface area contributed by atoms with E-state index in [4.69, 9.17) is 9.29 Å². The average molecular weight is 264 g/mol. The van der Waals surface area contributed by atoms with Crippen LogP contribution in [0.15, 0.2) is 30.3 Å². The normalized spacial score (nSPS) is 11.3. The molecule has 0 fully saturated rings. The maximum absolute atomic E-state index is 10.2. The zero-order valence-corrected chi connectivity index (χ0v) is 10.0. The van der Waals surface area contributed by atoms with Crippen LogP contribution in [0.25, 0.3) is 0 Å².